The smallest absolute Gasteiger partial charge is 0.336 e. The fraction of sp³-hybridized carbons (Fsp3) is 0.174. The topological polar surface area (TPSA) is 93.1 Å². The number of carbonyl (C=O) groups excluding carboxylic acids is 1. The third-order valence-electron chi connectivity index (χ3n) is 4.52. The van der Waals surface area contributed by atoms with Crippen LogP contribution in [0.25, 0.3) is 0 Å². The van der Waals surface area contributed by atoms with Crippen molar-refractivity contribution >= 4 is 21.7 Å². The van der Waals surface area contributed by atoms with Gasteiger partial charge in [0.25, 0.3) is 10.0 Å². The minimum absolute atomic E-state index is 0.0343. The van der Waals surface area contributed by atoms with E-state index in [1.807, 2.05) is 31.2 Å². The SMILES string of the molecule is COC(=O)[C@@H](O)CN(c1ccc(Oc2ccc(C)cc2)cc1)S(=O)(=O)c1ccccc1. The number of esters is 1. The summed E-state index contributed by atoms with van der Waals surface area (Å²) in [6.45, 7) is 1.48. The molecule has 8 heteroatoms. The second-order valence-electron chi connectivity index (χ2n) is 6.80. The normalized spacial score (nSPS) is 12.1. The van der Waals surface area contributed by atoms with Crippen LogP contribution in [0, 0.1) is 6.92 Å². The van der Waals surface area contributed by atoms with Gasteiger partial charge < -0.3 is 14.6 Å². The van der Waals surface area contributed by atoms with Gasteiger partial charge in [-0.05, 0) is 55.5 Å². The Balaban J connectivity index is 1.91. The van der Waals surface area contributed by atoms with Gasteiger partial charge in [-0.1, -0.05) is 35.9 Å². The van der Waals surface area contributed by atoms with Crippen LogP contribution in [0.5, 0.6) is 11.5 Å². The molecule has 0 aliphatic carbocycles. The highest BCUT2D eigenvalue weighted by Crippen LogP contribution is 2.28. The molecule has 0 amide bonds. The fourth-order valence-electron chi connectivity index (χ4n) is 2.85. The van der Waals surface area contributed by atoms with Gasteiger partial charge in [-0.25, -0.2) is 13.2 Å². The van der Waals surface area contributed by atoms with Crippen molar-refractivity contribution in [3.05, 3.63) is 84.4 Å². The van der Waals surface area contributed by atoms with Crippen LogP contribution in [0.3, 0.4) is 0 Å². The summed E-state index contributed by atoms with van der Waals surface area (Å²) in [6, 6.07) is 21.6. The standard InChI is InChI=1S/C23H23NO6S/c1-17-8-12-19(13-9-17)30-20-14-10-18(11-15-20)24(16-22(25)23(26)29-2)31(27,28)21-6-4-3-5-7-21/h3-15,22,25H,16H2,1-2H3/t22-/m0/s1. The average Bonchev–Trinajstić information content (AvgIpc) is 2.79. The highest BCUT2D eigenvalue weighted by Gasteiger charge is 2.30. The van der Waals surface area contributed by atoms with Crippen LogP contribution in [-0.4, -0.2) is 39.3 Å². The lowest BCUT2D eigenvalue weighted by molar-refractivity contribution is -0.149. The largest absolute Gasteiger partial charge is 0.467 e. The van der Waals surface area contributed by atoms with Crippen LogP contribution in [-0.2, 0) is 19.6 Å². The number of methoxy groups -OCH3 is 1. The number of aryl methyl sites for hydroxylation is 1. The zero-order valence-electron chi connectivity index (χ0n) is 17.1. The molecule has 7 nitrogen and oxygen atoms in total. The monoisotopic (exact) mass is 441 g/mol. The molecule has 0 spiro atoms. The fourth-order valence-corrected chi connectivity index (χ4v) is 4.34. The summed E-state index contributed by atoms with van der Waals surface area (Å²) in [5, 5.41) is 10.1. The third-order valence-corrected chi connectivity index (χ3v) is 6.33. The molecule has 0 aliphatic rings. The highest BCUT2D eigenvalue weighted by atomic mass is 32.2. The van der Waals surface area contributed by atoms with Crippen molar-refractivity contribution in [3.63, 3.8) is 0 Å². The number of aliphatic hydroxyl groups excluding tert-OH is 1. The Kier molecular flexibility index (Phi) is 6.94. The molecule has 0 saturated heterocycles. The summed E-state index contributed by atoms with van der Waals surface area (Å²) < 4.78 is 37.7. The van der Waals surface area contributed by atoms with Gasteiger partial charge in [-0.3, -0.25) is 4.31 Å². The van der Waals surface area contributed by atoms with E-state index in [4.69, 9.17) is 4.74 Å². The first-order valence-corrected chi connectivity index (χ1v) is 10.9. The Labute approximate surface area is 181 Å². The van der Waals surface area contributed by atoms with Crippen LogP contribution >= 0.6 is 0 Å². The predicted octanol–water partition coefficient (Wildman–Crippen LogP) is 3.52. The third kappa shape index (κ3) is 5.42. The average molecular weight is 442 g/mol. The summed E-state index contributed by atoms with van der Waals surface area (Å²) >= 11 is 0. The van der Waals surface area contributed by atoms with Gasteiger partial charge in [-0.2, -0.15) is 0 Å². The zero-order chi connectivity index (χ0) is 22.4. The summed E-state index contributed by atoms with van der Waals surface area (Å²) in [5.41, 5.74) is 1.37. The molecule has 162 valence electrons. The number of anilines is 1. The predicted molar refractivity (Wildman–Crippen MR) is 117 cm³/mol. The first-order valence-electron chi connectivity index (χ1n) is 9.49. The molecule has 1 N–H and O–H groups in total. The molecule has 0 aromatic heterocycles. The Morgan fingerprint density at radius 2 is 1.48 bits per heavy atom. The lowest BCUT2D eigenvalue weighted by Crippen LogP contribution is -2.41. The van der Waals surface area contributed by atoms with Gasteiger partial charge in [0.05, 0.1) is 24.2 Å². The van der Waals surface area contributed by atoms with Crippen molar-refractivity contribution in [3.8, 4) is 11.5 Å². The van der Waals surface area contributed by atoms with E-state index in [1.165, 1.54) is 12.1 Å². The summed E-state index contributed by atoms with van der Waals surface area (Å²) in [4.78, 5) is 11.7. The van der Waals surface area contributed by atoms with Crippen LogP contribution < -0.4 is 9.04 Å². The molecule has 3 aromatic carbocycles. The minimum atomic E-state index is -4.04. The molecular formula is C23H23NO6S. The van der Waals surface area contributed by atoms with Crippen molar-refractivity contribution in [2.75, 3.05) is 18.0 Å². The molecule has 0 bridgehead atoms. The molecule has 0 radical (unpaired) electrons. The van der Waals surface area contributed by atoms with E-state index in [0.29, 0.717) is 11.5 Å². The van der Waals surface area contributed by atoms with E-state index in [1.54, 1.807) is 42.5 Å². The number of aliphatic hydroxyl groups is 1. The molecule has 0 fully saturated rings. The van der Waals surface area contributed by atoms with Crippen molar-refractivity contribution < 1.29 is 27.8 Å². The molecule has 1 atom stereocenters. The summed E-state index contributed by atoms with van der Waals surface area (Å²) in [7, 11) is -2.92. The zero-order valence-corrected chi connectivity index (χ0v) is 18.0. The summed E-state index contributed by atoms with van der Waals surface area (Å²) in [5.74, 6) is 0.235. The van der Waals surface area contributed by atoms with Crippen LogP contribution in [0.4, 0.5) is 5.69 Å². The molecule has 0 unspecified atom stereocenters. The molecule has 31 heavy (non-hydrogen) atoms. The van der Waals surface area contributed by atoms with Gasteiger partial charge in [0.15, 0.2) is 6.10 Å². The van der Waals surface area contributed by atoms with Crippen molar-refractivity contribution in [2.24, 2.45) is 0 Å². The van der Waals surface area contributed by atoms with Gasteiger partial charge in [0, 0.05) is 0 Å². The van der Waals surface area contributed by atoms with E-state index in [-0.39, 0.29) is 10.6 Å². The van der Waals surface area contributed by atoms with Crippen LogP contribution in [0.2, 0.25) is 0 Å². The summed E-state index contributed by atoms with van der Waals surface area (Å²) in [6.07, 6.45) is -1.65. The van der Waals surface area contributed by atoms with E-state index in [2.05, 4.69) is 4.74 Å². The van der Waals surface area contributed by atoms with Crippen LogP contribution in [0.1, 0.15) is 5.56 Å². The van der Waals surface area contributed by atoms with Crippen molar-refractivity contribution in [1.82, 2.24) is 0 Å². The number of sulfonamides is 1. The van der Waals surface area contributed by atoms with Crippen molar-refractivity contribution in [1.29, 1.82) is 0 Å². The molecule has 0 aliphatic heterocycles. The molecule has 3 aromatic rings. The van der Waals surface area contributed by atoms with E-state index in [9.17, 15) is 18.3 Å². The molecule has 3 rings (SSSR count). The first kappa shape index (κ1) is 22.3. The Bertz CT molecular complexity index is 1110. The Morgan fingerprint density at radius 1 is 0.935 bits per heavy atom. The van der Waals surface area contributed by atoms with Crippen LogP contribution in [0.15, 0.2) is 83.8 Å². The molecule has 0 heterocycles. The lowest BCUT2D eigenvalue weighted by Gasteiger charge is -2.26. The number of hydrogen-bond acceptors (Lipinski definition) is 6. The second-order valence-corrected chi connectivity index (χ2v) is 8.66. The maximum Gasteiger partial charge on any atom is 0.336 e. The van der Waals surface area contributed by atoms with E-state index >= 15 is 0 Å². The van der Waals surface area contributed by atoms with E-state index in [0.717, 1.165) is 17.0 Å². The number of rotatable bonds is 8. The van der Waals surface area contributed by atoms with E-state index < -0.39 is 28.6 Å². The van der Waals surface area contributed by atoms with Crippen molar-refractivity contribution in [2.45, 2.75) is 17.9 Å². The van der Waals surface area contributed by atoms with Gasteiger partial charge in [0.2, 0.25) is 0 Å². The second kappa shape index (κ2) is 9.63. The quantitative estimate of drug-likeness (QED) is 0.538. The van der Waals surface area contributed by atoms with Gasteiger partial charge in [0.1, 0.15) is 11.5 Å². The highest BCUT2D eigenvalue weighted by molar-refractivity contribution is 7.92. The Morgan fingerprint density at radius 3 is 2.03 bits per heavy atom. The maximum atomic E-state index is 13.2. The number of nitrogens with zero attached hydrogens (tertiary/aromatic N) is 1. The lowest BCUT2D eigenvalue weighted by atomic mass is 10.2. The number of ether oxygens (including phenoxy) is 2. The molecular weight excluding hydrogens is 418 g/mol. The minimum Gasteiger partial charge on any atom is -0.467 e. The Hall–Kier alpha value is -3.36. The van der Waals surface area contributed by atoms with Gasteiger partial charge >= 0.3 is 5.97 Å². The van der Waals surface area contributed by atoms with Gasteiger partial charge in [-0.15, -0.1) is 0 Å². The molecule has 0 saturated carbocycles. The number of hydrogen-bond donors (Lipinski definition) is 1. The first-order chi connectivity index (χ1) is 14.8. The maximum absolute atomic E-state index is 13.2. The number of benzene rings is 3. The number of carbonyl (C=O) groups is 1.